The van der Waals surface area contributed by atoms with E-state index in [1.165, 1.54) is 25.7 Å². The van der Waals surface area contributed by atoms with Crippen LogP contribution in [-0.2, 0) is 9.53 Å². The smallest absolute Gasteiger partial charge is 0.233 e. The number of rotatable bonds is 7. The Morgan fingerprint density at radius 3 is 2.69 bits per heavy atom. The van der Waals surface area contributed by atoms with Crippen molar-refractivity contribution >= 4 is 5.91 Å². The fourth-order valence-corrected chi connectivity index (χ4v) is 2.13. The van der Waals surface area contributed by atoms with E-state index >= 15 is 0 Å². The van der Waals surface area contributed by atoms with Gasteiger partial charge in [0.1, 0.15) is 0 Å². The highest BCUT2D eigenvalue weighted by Crippen LogP contribution is 2.28. The number of carbonyl (C=O) groups is 1. The minimum atomic E-state index is 0.0872. The minimum absolute atomic E-state index is 0.0872. The minimum Gasteiger partial charge on any atom is -0.385 e. The summed E-state index contributed by atoms with van der Waals surface area (Å²) in [5.74, 6) is 0.0872. The third-order valence-corrected chi connectivity index (χ3v) is 3.23. The molecule has 0 aromatic rings. The van der Waals surface area contributed by atoms with Crippen molar-refractivity contribution < 1.29 is 9.53 Å². The van der Waals surface area contributed by atoms with Crippen LogP contribution in [0.3, 0.4) is 0 Å². The lowest BCUT2D eigenvalue weighted by Crippen LogP contribution is -2.45. The second-order valence-corrected chi connectivity index (χ2v) is 4.82. The largest absolute Gasteiger partial charge is 0.385 e. The van der Waals surface area contributed by atoms with Crippen LogP contribution in [0, 0.1) is 0 Å². The molecule has 1 amide bonds. The van der Waals surface area contributed by atoms with Crippen molar-refractivity contribution in [1.29, 1.82) is 0 Å². The van der Waals surface area contributed by atoms with E-state index in [-0.39, 0.29) is 11.4 Å². The molecule has 0 unspecified atom stereocenters. The van der Waals surface area contributed by atoms with Gasteiger partial charge in [-0.3, -0.25) is 4.79 Å². The van der Waals surface area contributed by atoms with Gasteiger partial charge in [0, 0.05) is 25.8 Å². The first-order valence-electron chi connectivity index (χ1n) is 6.17. The zero-order valence-electron chi connectivity index (χ0n) is 10.5. The van der Waals surface area contributed by atoms with Crippen LogP contribution in [0.5, 0.6) is 0 Å². The molecule has 0 radical (unpaired) electrons. The third-order valence-electron chi connectivity index (χ3n) is 3.23. The van der Waals surface area contributed by atoms with E-state index in [1.54, 1.807) is 7.11 Å². The second kappa shape index (κ2) is 6.86. The summed E-state index contributed by atoms with van der Waals surface area (Å²) in [5.41, 5.74) is 0.184. The van der Waals surface area contributed by atoms with Gasteiger partial charge in [-0.2, -0.15) is 0 Å². The number of hydrogen-bond acceptors (Lipinski definition) is 3. The lowest BCUT2D eigenvalue weighted by Gasteiger charge is -2.24. The highest BCUT2D eigenvalue weighted by Gasteiger charge is 2.28. The molecule has 4 heteroatoms. The van der Waals surface area contributed by atoms with Crippen molar-refractivity contribution in [2.75, 3.05) is 26.8 Å². The molecule has 1 rings (SSSR count). The van der Waals surface area contributed by atoms with E-state index in [2.05, 4.69) is 17.6 Å². The van der Waals surface area contributed by atoms with Gasteiger partial charge >= 0.3 is 0 Å². The van der Waals surface area contributed by atoms with E-state index in [1.807, 2.05) is 0 Å². The first-order valence-corrected chi connectivity index (χ1v) is 6.17. The fourth-order valence-electron chi connectivity index (χ4n) is 2.13. The molecule has 1 aliphatic rings. The van der Waals surface area contributed by atoms with Crippen molar-refractivity contribution in [3.8, 4) is 0 Å². The van der Waals surface area contributed by atoms with Gasteiger partial charge in [-0.1, -0.05) is 12.8 Å². The van der Waals surface area contributed by atoms with Gasteiger partial charge in [0.15, 0.2) is 0 Å². The molecule has 0 saturated heterocycles. The molecule has 0 heterocycles. The summed E-state index contributed by atoms with van der Waals surface area (Å²) in [6.45, 7) is 4.04. The van der Waals surface area contributed by atoms with E-state index in [0.717, 1.165) is 6.42 Å². The number of amides is 1. The Morgan fingerprint density at radius 1 is 1.38 bits per heavy atom. The average molecular weight is 228 g/mol. The van der Waals surface area contributed by atoms with Gasteiger partial charge < -0.3 is 15.4 Å². The maximum absolute atomic E-state index is 11.5. The Morgan fingerprint density at radius 2 is 2.06 bits per heavy atom. The molecule has 4 nitrogen and oxygen atoms in total. The van der Waals surface area contributed by atoms with Crippen molar-refractivity contribution in [3.63, 3.8) is 0 Å². The van der Waals surface area contributed by atoms with Crippen LogP contribution in [0.15, 0.2) is 0 Å². The van der Waals surface area contributed by atoms with Crippen LogP contribution >= 0.6 is 0 Å². The fraction of sp³-hybridized carbons (Fsp3) is 0.917. The zero-order valence-corrected chi connectivity index (χ0v) is 10.5. The maximum Gasteiger partial charge on any atom is 0.233 e. The number of methoxy groups -OCH3 is 1. The standard InChI is InChI=1S/C12H24N2O2/c1-12(6-3-4-7-12)14-10-11(15)13-8-5-9-16-2/h14H,3-10H2,1-2H3,(H,13,15). The molecule has 0 bridgehead atoms. The zero-order chi connectivity index (χ0) is 11.9. The molecule has 1 aliphatic carbocycles. The summed E-state index contributed by atoms with van der Waals surface area (Å²) in [7, 11) is 1.67. The molecule has 1 saturated carbocycles. The van der Waals surface area contributed by atoms with E-state index in [9.17, 15) is 4.79 Å². The molecular formula is C12H24N2O2. The van der Waals surface area contributed by atoms with Crippen LogP contribution in [0.1, 0.15) is 39.0 Å². The van der Waals surface area contributed by atoms with Crippen molar-refractivity contribution in [2.24, 2.45) is 0 Å². The lowest BCUT2D eigenvalue weighted by atomic mass is 10.0. The van der Waals surface area contributed by atoms with Crippen molar-refractivity contribution in [3.05, 3.63) is 0 Å². The van der Waals surface area contributed by atoms with Crippen LogP contribution < -0.4 is 10.6 Å². The topological polar surface area (TPSA) is 50.4 Å². The van der Waals surface area contributed by atoms with Gasteiger partial charge in [0.25, 0.3) is 0 Å². The Labute approximate surface area is 98.1 Å². The Hall–Kier alpha value is -0.610. The lowest BCUT2D eigenvalue weighted by molar-refractivity contribution is -0.120. The summed E-state index contributed by atoms with van der Waals surface area (Å²) in [6, 6.07) is 0. The summed E-state index contributed by atoms with van der Waals surface area (Å²) >= 11 is 0. The SMILES string of the molecule is COCCCNC(=O)CNC1(C)CCCC1. The summed E-state index contributed by atoms with van der Waals surface area (Å²) in [4.78, 5) is 11.5. The summed E-state index contributed by atoms with van der Waals surface area (Å²) in [6.07, 6.45) is 5.80. The van der Waals surface area contributed by atoms with Crippen molar-refractivity contribution in [1.82, 2.24) is 10.6 Å². The molecule has 0 atom stereocenters. The third kappa shape index (κ3) is 4.94. The average Bonchev–Trinajstić information content (AvgIpc) is 2.70. The number of nitrogens with one attached hydrogen (secondary N) is 2. The molecule has 0 aromatic heterocycles. The van der Waals surface area contributed by atoms with E-state index in [0.29, 0.717) is 19.7 Å². The maximum atomic E-state index is 11.5. The highest BCUT2D eigenvalue weighted by molar-refractivity contribution is 5.78. The first kappa shape index (κ1) is 13.5. The summed E-state index contributed by atoms with van der Waals surface area (Å²) < 4.78 is 4.91. The molecule has 2 N–H and O–H groups in total. The first-order chi connectivity index (χ1) is 7.66. The Kier molecular flexibility index (Phi) is 5.77. The Bertz CT molecular complexity index is 213. The van der Waals surface area contributed by atoms with Gasteiger partial charge in [-0.25, -0.2) is 0 Å². The van der Waals surface area contributed by atoms with Crippen LogP contribution in [0.4, 0.5) is 0 Å². The van der Waals surface area contributed by atoms with Crippen LogP contribution in [-0.4, -0.2) is 38.3 Å². The molecular weight excluding hydrogens is 204 g/mol. The quantitative estimate of drug-likeness (QED) is 0.641. The normalized spacial score (nSPS) is 18.6. The van der Waals surface area contributed by atoms with Crippen LogP contribution in [0.25, 0.3) is 0 Å². The predicted molar refractivity (Wildman–Crippen MR) is 64.4 cm³/mol. The summed E-state index contributed by atoms with van der Waals surface area (Å²) in [5, 5.41) is 6.23. The van der Waals surface area contributed by atoms with Gasteiger partial charge in [-0.05, 0) is 26.2 Å². The van der Waals surface area contributed by atoms with Gasteiger partial charge in [0.05, 0.1) is 6.54 Å². The van der Waals surface area contributed by atoms with E-state index in [4.69, 9.17) is 4.74 Å². The molecule has 0 aromatic carbocycles. The molecule has 0 aliphatic heterocycles. The molecule has 1 fully saturated rings. The number of ether oxygens (including phenoxy) is 1. The second-order valence-electron chi connectivity index (χ2n) is 4.82. The van der Waals surface area contributed by atoms with E-state index < -0.39 is 0 Å². The highest BCUT2D eigenvalue weighted by atomic mass is 16.5. The van der Waals surface area contributed by atoms with Gasteiger partial charge in [0.2, 0.25) is 5.91 Å². The number of hydrogen-bond donors (Lipinski definition) is 2. The van der Waals surface area contributed by atoms with Crippen molar-refractivity contribution in [2.45, 2.75) is 44.6 Å². The molecule has 0 spiro atoms. The predicted octanol–water partition coefficient (Wildman–Crippen LogP) is 1.06. The van der Waals surface area contributed by atoms with Gasteiger partial charge in [-0.15, -0.1) is 0 Å². The van der Waals surface area contributed by atoms with Crippen LogP contribution in [0.2, 0.25) is 0 Å². The molecule has 94 valence electrons. The Balaban J connectivity index is 2.05. The monoisotopic (exact) mass is 228 g/mol. The number of carbonyl (C=O) groups excluding carboxylic acids is 1. The molecule has 16 heavy (non-hydrogen) atoms.